The molecule has 2 saturated carbocycles. The fourth-order valence-electron chi connectivity index (χ4n) is 16.1. The third kappa shape index (κ3) is 29.0. The van der Waals surface area contributed by atoms with Crippen molar-refractivity contribution in [1.29, 1.82) is 0 Å². The molecule has 0 spiro atoms. The molecular formula is C79H130N14O16S2. The molecule has 12 amide bonds. The number of amides is 12. The number of fused-ring (bicyclic) bond motifs is 4. The normalized spacial score (nSPS) is 32.1. The van der Waals surface area contributed by atoms with E-state index in [1.54, 1.807) is 27.7 Å². The molecule has 1 aromatic rings. The third-order valence-electron chi connectivity index (χ3n) is 22.7. The van der Waals surface area contributed by atoms with E-state index in [1.807, 2.05) is 24.3 Å². The van der Waals surface area contributed by atoms with Crippen LogP contribution in [0.5, 0.6) is 0 Å². The third-order valence-corrected chi connectivity index (χ3v) is 24.8. The van der Waals surface area contributed by atoms with E-state index in [1.165, 1.54) is 49.2 Å². The number of hydrogen-bond donors (Lipinski definition) is 17. The van der Waals surface area contributed by atoms with Crippen LogP contribution in [0.2, 0.25) is 0 Å². The molecule has 3 unspecified atom stereocenters. The monoisotopic (exact) mass is 1590 g/mol. The Labute approximate surface area is 663 Å². The van der Waals surface area contributed by atoms with Gasteiger partial charge in [-0.1, -0.05) is 104 Å². The van der Waals surface area contributed by atoms with E-state index >= 15 is 9.59 Å². The minimum Gasteiger partial charge on any atom is -0.393 e. The lowest BCUT2D eigenvalue weighted by molar-refractivity contribution is -0.144. The second kappa shape index (κ2) is 45.4. The molecule has 6 aliphatic rings. The highest BCUT2D eigenvalue weighted by atomic mass is 32.2. The predicted octanol–water partition coefficient (Wildman–Crippen LogP) is 2.08. The van der Waals surface area contributed by atoms with Crippen LogP contribution in [-0.2, 0) is 69.0 Å². The Balaban J connectivity index is 1.20. The number of benzene rings is 1. The second-order valence-electron chi connectivity index (χ2n) is 33.0. The first kappa shape index (κ1) is 91.5. The lowest BCUT2D eigenvalue weighted by Gasteiger charge is -2.35. The zero-order valence-electron chi connectivity index (χ0n) is 66.5. The molecule has 2 bridgehead atoms. The number of carbonyl (C=O) groups excluding carboxylic acids is 12. The van der Waals surface area contributed by atoms with Gasteiger partial charge in [0.15, 0.2) is 0 Å². The van der Waals surface area contributed by atoms with Crippen LogP contribution in [0.4, 0.5) is 0 Å². The minimum absolute atomic E-state index is 0.00831. The first-order valence-electron chi connectivity index (χ1n) is 40.9. The van der Waals surface area contributed by atoms with Crippen LogP contribution in [0.1, 0.15) is 227 Å². The smallest absolute Gasteiger partial charge is 0.245 e. The van der Waals surface area contributed by atoms with Crippen molar-refractivity contribution in [3.05, 3.63) is 35.4 Å². The first-order valence-corrected chi connectivity index (χ1v) is 43.2. The van der Waals surface area contributed by atoms with E-state index in [0.717, 1.165) is 56.2 Å². The molecule has 32 heteroatoms. The maximum Gasteiger partial charge on any atom is 0.245 e. The molecule has 4 heterocycles. The highest BCUT2D eigenvalue weighted by molar-refractivity contribution is 7.98. The zero-order chi connectivity index (χ0) is 81.1. The molecule has 0 radical (unpaired) electrons. The molecular weight excluding hydrogens is 1470 g/mol. The Morgan fingerprint density at radius 3 is 1.69 bits per heavy atom. The minimum atomic E-state index is -1.67. The molecule has 16 atom stereocenters. The summed E-state index contributed by atoms with van der Waals surface area (Å²) in [6.07, 6.45) is 7.85. The van der Waals surface area contributed by atoms with Gasteiger partial charge in [0.25, 0.3) is 0 Å². The number of nitrogens with one attached hydrogen (secondary N) is 12. The number of carbonyl (C=O) groups is 12. The van der Waals surface area contributed by atoms with Crippen molar-refractivity contribution in [2.45, 2.75) is 324 Å². The average molecular weight is 1600 g/mol. The van der Waals surface area contributed by atoms with E-state index in [-0.39, 0.29) is 87.1 Å². The van der Waals surface area contributed by atoms with Crippen molar-refractivity contribution in [2.75, 3.05) is 31.1 Å². The summed E-state index contributed by atoms with van der Waals surface area (Å²) < 4.78 is 0. The number of primary amides is 1. The van der Waals surface area contributed by atoms with Crippen LogP contribution < -0.4 is 69.5 Å². The predicted molar refractivity (Wildman–Crippen MR) is 424 cm³/mol. The van der Waals surface area contributed by atoms with Gasteiger partial charge in [-0.25, -0.2) is 0 Å². The highest BCUT2D eigenvalue weighted by Crippen LogP contribution is 2.34. The van der Waals surface area contributed by atoms with Crippen LogP contribution in [-0.4, -0.2) is 224 Å². The summed E-state index contributed by atoms with van der Waals surface area (Å²) in [7, 11) is 0. The van der Waals surface area contributed by atoms with Crippen LogP contribution in [0.15, 0.2) is 24.3 Å². The summed E-state index contributed by atoms with van der Waals surface area (Å²) in [6.45, 7) is 14.6. The molecule has 1 aromatic carbocycles. The molecule has 3 saturated heterocycles. The first-order chi connectivity index (χ1) is 52.8. The van der Waals surface area contributed by atoms with Gasteiger partial charge in [-0.05, 0) is 183 Å². The van der Waals surface area contributed by atoms with Gasteiger partial charge in [-0.2, -0.15) is 23.5 Å². The van der Waals surface area contributed by atoms with Crippen molar-refractivity contribution >= 4 is 94.4 Å². The molecule has 18 N–H and O–H groups in total. The number of thioether (sulfide) groups is 2. The number of rotatable bonds is 18. The zero-order valence-corrected chi connectivity index (χ0v) is 68.1. The molecule has 0 aromatic heterocycles. The van der Waals surface area contributed by atoms with Crippen molar-refractivity contribution in [3.63, 3.8) is 0 Å². The van der Waals surface area contributed by atoms with Crippen LogP contribution in [0.3, 0.4) is 0 Å². The summed E-state index contributed by atoms with van der Waals surface area (Å²) >= 11 is 2.79. The fraction of sp³-hybridized carbons (Fsp3) is 0.772. The van der Waals surface area contributed by atoms with Crippen molar-refractivity contribution in [2.24, 2.45) is 34.8 Å². The van der Waals surface area contributed by atoms with Gasteiger partial charge >= 0.3 is 0 Å². The fourth-order valence-corrected chi connectivity index (χ4v) is 18.0. The Morgan fingerprint density at radius 2 is 1.09 bits per heavy atom. The molecule has 4 aliphatic heterocycles. The average Bonchev–Trinajstić information content (AvgIpc) is 1.74. The highest BCUT2D eigenvalue weighted by Gasteiger charge is 2.46. The largest absolute Gasteiger partial charge is 0.393 e. The number of hydrogen-bond acceptors (Lipinski definition) is 20. The lowest BCUT2D eigenvalue weighted by Crippen LogP contribution is -2.62. The number of nitrogens with two attached hydrogens (primary N) is 1. The molecule has 7 rings (SSSR count). The molecule has 2 aliphatic carbocycles. The van der Waals surface area contributed by atoms with Crippen LogP contribution in [0.25, 0.3) is 0 Å². The number of piperidine rings is 1. The Morgan fingerprint density at radius 1 is 0.559 bits per heavy atom. The number of nitrogens with zero attached hydrogens (tertiary/aromatic N) is 1. The summed E-state index contributed by atoms with van der Waals surface area (Å²) in [5.74, 6) is -8.07. The summed E-state index contributed by atoms with van der Waals surface area (Å²) in [4.78, 5) is 176. The van der Waals surface area contributed by atoms with Crippen LogP contribution in [0, 0.1) is 29.1 Å². The van der Waals surface area contributed by atoms with Gasteiger partial charge < -0.3 is 94.9 Å². The Hall–Kier alpha value is -6.68. The van der Waals surface area contributed by atoms with Crippen LogP contribution >= 0.6 is 23.5 Å². The van der Waals surface area contributed by atoms with Gasteiger partial charge in [-0.3, -0.25) is 57.5 Å². The number of aliphatic hydroxyl groups excluding tert-OH is 4. The van der Waals surface area contributed by atoms with Gasteiger partial charge in [-0.15, -0.1) is 0 Å². The van der Waals surface area contributed by atoms with Gasteiger partial charge in [0.2, 0.25) is 70.9 Å². The maximum absolute atomic E-state index is 15.2. The van der Waals surface area contributed by atoms with E-state index in [0.29, 0.717) is 101 Å². The maximum atomic E-state index is 15.2. The molecule has 30 nitrogen and oxygen atoms in total. The summed E-state index contributed by atoms with van der Waals surface area (Å²) in [5, 5.41) is 78.3. The Bertz CT molecular complexity index is 3260. The van der Waals surface area contributed by atoms with Crippen molar-refractivity contribution in [1.82, 2.24) is 68.7 Å². The van der Waals surface area contributed by atoms with Gasteiger partial charge in [0.05, 0.1) is 30.6 Å². The number of aliphatic hydroxyl groups is 4. The summed E-state index contributed by atoms with van der Waals surface area (Å²) in [5.41, 5.74) is 6.78. The van der Waals surface area contributed by atoms with E-state index in [4.69, 9.17) is 5.73 Å². The van der Waals surface area contributed by atoms with Crippen molar-refractivity contribution in [3.8, 4) is 0 Å². The van der Waals surface area contributed by atoms with Crippen molar-refractivity contribution < 1.29 is 78.0 Å². The van der Waals surface area contributed by atoms with E-state index in [2.05, 4.69) is 70.7 Å². The van der Waals surface area contributed by atoms with E-state index in [9.17, 15) is 68.4 Å². The quantitative estimate of drug-likeness (QED) is 0.0936. The topological polar surface area (TPSA) is 459 Å². The van der Waals surface area contributed by atoms with Gasteiger partial charge in [0, 0.05) is 36.0 Å². The molecule has 624 valence electrons. The molecule has 111 heavy (non-hydrogen) atoms. The Kier molecular flexibility index (Phi) is 37.4. The summed E-state index contributed by atoms with van der Waals surface area (Å²) in [6, 6.07) is -6.92. The number of unbranched alkanes of at least 4 members (excludes halogenated alkanes) is 5. The molecule has 5 fully saturated rings. The van der Waals surface area contributed by atoms with E-state index < -0.39 is 167 Å². The second-order valence-corrected chi connectivity index (χ2v) is 35.1. The van der Waals surface area contributed by atoms with Gasteiger partial charge in [0.1, 0.15) is 66.5 Å². The SMILES string of the molecule is CCCCCCCC[C@@H]1NC(=O)[C@H](CC2CNC3NCCCC23)NC(=O)[C@H]([C@@H](C)O)NC(=O)[C@@H]2CCCN2C(=O)[C@H](CC2CCC(O)CC2)NC(=O)[C@H](C(C)(C)C)NC(=O)CCSCc2cccc(c2)CSC[C@@H](C(N)=O)NC(=O)[C@H]([C@@H](C)O)NC(=O)[C@H](CCC)NC(=O)[C@H](CC2CCC(O)CC2)NC(=O)[C@H](C)NC1=O. The lowest BCUT2D eigenvalue weighted by atomic mass is 9.82. The standard InChI is InChI=1S/C79H130N14O16S2/c1-9-11-12-13-14-15-23-57-70(101)83-45(3)69(100)86-58(38-48-25-29-53(96)30-26-48)72(103)84-56(19-10-2)71(102)91-64(46(4)94)76(107)89-61(67(80)99)44-111-43-51-21-16-20-50(37-51)42-110-36-33-63(98)90-66(79(6,7)8)77(108)88-60(39-49-27-31-54(97)32-28-49)78(109)93-35-18-24-62(93)74(105)92-65(47(5)95)75(106)87-59(73(104)85-57)40-52-41-82-68-55(52)22-17-34-81-68/h16,20-21,37,45-49,52-62,64-66,68,81-82,94-97H,9-15,17-19,22-36,38-44H2,1-8H3,(H2,80,99)(H,83,101)(H,84,103)(H,85,104)(H,86,100)(H,87,106)(H,88,108)(H,89,107)(H,90,98)(H,91,102)(H,92,105)/t45-,46+,47+,48?,49?,52?,53?,54?,55?,56-,57-,58-,59-,60-,61-,62-,64-,65-,66+,68?/m0/s1.